The van der Waals surface area contributed by atoms with E-state index < -0.39 is 0 Å². The zero-order chi connectivity index (χ0) is 20.3. The quantitative estimate of drug-likeness (QED) is 0.763. The van der Waals surface area contributed by atoms with E-state index in [1.165, 1.54) is 0 Å². The normalized spacial score (nSPS) is 21.6. The van der Waals surface area contributed by atoms with Crippen LogP contribution in [0.15, 0.2) is 23.1 Å². The van der Waals surface area contributed by atoms with Crippen molar-refractivity contribution >= 4 is 5.91 Å². The summed E-state index contributed by atoms with van der Waals surface area (Å²) in [4.78, 5) is 27.1. The van der Waals surface area contributed by atoms with Gasteiger partial charge in [0.25, 0.3) is 0 Å². The van der Waals surface area contributed by atoms with Crippen LogP contribution in [0.2, 0.25) is 0 Å². The van der Waals surface area contributed by atoms with Crippen molar-refractivity contribution in [3.05, 3.63) is 24.5 Å². The Bertz CT molecular complexity index is 815. The first-order valence-electron chi connectivity index (χ1n) is 10.5. The van der Waals surface area contributed by atoms with Gasteiger partial charge in [-0.05, 0) is 37.5 Å². The van der Waals surface area contributed by atoms with Crippen LogP contribution in [0.1, 0.15) is 51.8 Å². The van der Waals surface area contributed by atoms with Gasteiger partial charge in [-0.25, -0.2) is 4.98 Å². The molecule has 1 amide bonds. The fourth-order valence-corrected chi connectivity index (χ4v) is 4.40. The van der Waals surface area contributed by atoms with Crippen molar-refractivity contribution in [2.45, 2.75) is 58.0 Å². The smallest absolute Gasteiger partial charge is 0.227 e. The Hall–Kier alpha value is -2.35. The highest BCUT2D eigenvalue weighted by Gasteiger charge is 2.41. The topological polar surface area (TPSA) is 94.2 Å². The second-order valence-electron chi connectivity index (χ2n) is 8.68. The average molecular weight is 399 g/mol. The summed E-state index contributed by atoms with van der Waals surface area (Å²) < 4.78 is 11.7. The maximum absolute atomic E-state index is 12.4. The molecule has 2 aliphatic heterocycles. The van der Waals surface area contributed by atoms with Crippen molar-refractivity contribution in [1.29, 1.82) is 0 Å². The molecular formula is C21H29N5O3. The molecule has 4 heterocycles. The number of nitrogens with zero attached hydrogens (tertiary/aromatic N) is 5. The number of carbonyl (C=O) groups is 1. The van der Waals surface area contributed by atoms with Gasteiger partial charge in [0.2, 0.25) is 17.6 Å². The first kappa shape index (κ1) is 19.9. The predicted molar refractivity (Wildman–Crippen MR) is 106 cm³/mol. The SMILES string of the molecule is CC(C)CC(=O)N1CCC2(CC1)CC(Cc1nc(-c3cnccn3)no1)CCO2. The van der Waals surface area contributed by atoms with E-state index in [1.54, 1.807) is 18.6 Å². The molecule has 8 nitrogen and oxygen atoms in total. The second kappa shape index (κ2) is 8.57. The summed E-state index contributed by atoms with van der Waals surface area (Å²) in [5, 5.41) is 4.04. The highest BCUT2D eigenvalue weighted by Crippen LogP contribution is 2.39. The molecule has 0 aliphatic carbocycles. The van der Waals surface area contributed by atoms with Gasteiger partial charge in [0.1, 0.15) is 5.69 Å². The average Bonchev–Trinajstić information content (AvgIpc) is 3.17. The van der Waals surface area contributed by atoms with E-state index in [1.807, 2.05) is 4.90 Å². The molecule has 4 rings (SSSR count). The van der Waals surface area contributed by atoms with Crippen LogP contribution in [-0.2, 0) is 16.0 Å². The third kappa shape index (κ3) is 4.80. The summed E-state index contributed by atoms with van der Waals surface area (Å²) in [6, 6.07) is 0. The Morgan fingerprint density at radius 1 is 1.31 bits per heavy atom. The largest absolute Gasteiger partial charge is 0.375 e. The van der Waals surface area contributed by atoms with Gasteiger partial charge >= 0.3 is 0 Å². The third-order valence-corrected chi connectivity index (χ3v) is 5.93. The number of hydrogen-bond acceptors (Lipinski definition) is 7. The van der Waals surface area contributed by atoms with Crippen molar-refractivity contribution < 1.29 is 14.1 Å². The van der Waals surface area contributed by atoms with Crippen molar-refractivity contribution in [2.75, 3.05) is 19.7 Å². The molecule has 0 bridgehead atoms. The molecule has 2 aromatic rings. The van der Waals surface area contributed by atoms with E-state index in [0.717, 1.165) is 51.8 Å². The summed E-state index contributed by atoms with van der Waals surface area (Å²) in [5.74, 6) is 2.22. The van der Waals surface area contributed by atoms with Gasteiger partial charge < -0.3 is 14.2 Å². The third-order valence-electron chi connectivity index (χ3n) is 5.93. The highest BCUT2D eigenvalue weighted by molar-refractivity contribution is 5.76. The minimum atomic E-state index is -0.120. The molecule has 2 aromatic heterocycles. The van der Waals surface area contributed by atoms with E-state index in [9.17, 15) is 4.79 Å². The molecule has 0 radical (unpaired) electrons. The van der Waals surface area contributed by atoms with Crippen LogP contribution in [0.3, 0.4) is 0 Å². The summed E-state index contributed by atoms with van der Waals surface area (Å²) in [6.45, 7) is 6.50. The van der Waals surface area contributed by atoms with Gasteiger partial charge in [-0.1, -0.05) is 19.0 Å². The molecule has 2 fully saturated rings. The van der Waals surface area contributed by atoms with E-state index in [2.05, 4.69) is 34.0 Å². The number of hydrogen-bond donors (Lipinski definition) is 0. The van der Waals surface area contributed by atoms with Gasteiger partial charge in [0.15, 0.2) is 0 Å². The molecule has 0 aromatic carbocycles. The number of carbonyl (C=O) groups excluding carboxylic acids is 1. The molecule has 1 unspecified atom stereocenters. The summed E-state index contributed by atoms with van der Waals surface area (Å²) in [7, 11) is 0. The predicted octanol–water partition coefficient (Wildman–Crippen LogP) is 2.90. The summed E-state index contributed by atoms with van der Waals surface area (Å²) >= 11 is 0. The van der Waals surface area contributed by atoms with Gasteiger partial charge in [0.05, 0.1) is 11.8 Å². The van der Waals surface area contributed by atoms with Crippen molar-refractivity contribution in [3.8, 4) is 11.5 Å². The van der Waals surface area contributed by atoms with E-state index in [4.69, 9.17) is 9.26 Å². The number of piperidine rings is 1. The number of aromatic nitrogens is 4. The van der Waals surface area contributed by atoms with Crippen LogP contribution in [0.5, 0.6) is 0 Å². The summed E-state index contributed by atoms with van der Waals surface area (Å²) in [6.07, 6.45) is 10.0. The van der Waals surface area contributed by atoms with Crippen molar-refractivity contribution in [1.82, 2.24) is 25.0 Å². The molecule has 1 atom stereocenters. The lowest BCUT2D eigenvalue weighted by molar-refractivity contribution is -0.147. The molecular weight excluding hydrogens is 370 g/mol. The highest BCUT2D eigenvalue weighted by atomic mass is 16.5. The zero-order valence-corrected chi connectivity index (χ0v) is 17.2. The number of rotatable bonds is 5. The molecule has 156 valence electrons. The Kier molecular flexibility index (Phi) is 5.89. The minimum absolute atomic E-state index is 0.120. The van der Waals surface area contributed by atoms with Crippen LogP contribution in [-0.4, -0.2) is 56.2 Å². The Labute approximate surface area is 171 Å². The van der Waals surface area contributed by atoms with Crippen LogP contribution in [0.4, 0.5) is 0 Å². The van der Waals surface area contributed by atoms with E-state index >= 15 is 0 Å². The Balaban J connectivity index is 1.34. The van der Waals surface area contributed by atoms with Crippen LogP contribution in [0, 0.1) is 11.8 Å². The van der Waals surface area contributed by atoms with Gasteiger partial charge in [0, 0.05) is 44.9 Å². The molecule has 2 saturated heterocycles. The number of likely N-dealkylation sites (tertiary alicyclic amines) is 1. The van der Waals surface area contributed by atoms with E-state index in [-0.39, 0.29) is 11.5 Å². The number of ether oxygens (including phenoxy) is 1. The first-order valence-corrected chi connectivity index (χ1v) is 10.5. The maximum atomic E-state index is 12.4. The zero-order valence-electron chi connectivity index (χ0n) is 17.2. The molecule has 8 heteroatoms. The van der Waals surface area contributed by atoms with E-state index in [0.29, 0.717) is 35.7 Å². The van der Waals surface area contributed by atoms with Crippen molar-refractivity contribution in [3.63, 3.8) is 0 Å². The first-order chi connectivity index (χ1) is 14.0. The molecule has 29 heavy (non-hydrogen) atoms. The molecule has 2 aliphatic rings. The lowest BCUT2D eigenvalue weighted by Gasteiger charge is -2.46. The standard InChI is InChI=1S/C21H29N5O3/c1-15(2)11-19(27)26-8-4-21(5-9-26)13-16(3-10-28-21)12-18-24-20(25-29-18)17-14-22-6-7-23-17/h6-7,14-16H,3-5,8-13H2,1-2H3. The maximum Gasteiger partial charge on any atom is 0.227 e. The van der Waals surface area contributed by atoms with Gasteiger partial charge in [-0.3, -0.25) is 9.78 Å². The lowest BCUT2D eigenvalue weighted by atomic mass is 9.78. The van der Waals surface area contributed by atoms with Crippen LogP contribution < -0.4 is 0 Å². The van der Waals surface area contributed by atoms with Crippen LogP contribution >= 0.6 is 0 Å². The van der Waals surface area contributed by atoms with Crippen LogP contribution in [0.25, 0.3) is 11.5 Å². The Morgan fingerprint density at radius 2 is 2.14 bits per heavy atom. The van der Waals surface area contributed by atoms with Gasteiger partial charge in [-0.15, -0.1) is 0 Å². The summed E-state index contributed by atoms with van der Waals surface area (Å²) in [5.41, 5.74) is 0.495. The second-order valence-corrected chi connectivity index (χ2v) is 8.68. The van der Waals surface area contributed by atoms with Crippen molar-refractivity contribution in [2.24, 2.45) is 11.8 Å². The minimum Gasteiger partial charge on any atom is -0.375 e. The van der Waals surface area contributed by atoms with Gasteiger partial charge in [-0.2, -0.15) is 4.98 Å². The number of amides is 1. The Morgan fingerprint density at radius 3 is 2.86 bits per heavy atom. The fourth-order valence-electron chi connectivity index (χ4n) is 4.40. The lowest BCUT2D eigenvalue weighted by Crippen LogP contribution is -2.51. The molecule has 0 saturated carbocycles. The molecule has 0 N–H and O–H groups in total. The monoisotopic (exact) mass is 399 g/mol. The molecule has 1 spiro atoms. The fraction of sp³-hybridized carbons (Fsp3) is 0.667.